The van der Waals surface area contributed by atoms with Crippen LogP contribution in [-0.2, 0) is 49.1 Å². The number of hydrogen-bond acceptors (Lipinski definition) is 12. The van der Waals surface area contributed by atoms with Gasteiger partial charge in [-0.25, -0.2) is 0 Å². The van der Waals surface area contributed by atoms with Gasteiger partial charge in [-0.3, -0.25) is 4.79 Å². The molecule has 0 radical (unpaired) electrons. The van der Waals surface area contributed by atoms with E-state index in [-0.39, 0.29) is 0 Å². The number of ether oxygens (including phenoxy) is 11. The molecule has 0 fully saturated rings. The first-order chi connectivity index (χ1) is 26.8. The van der Waals surface area contributed by atoms with Crippen LogP contribution in [0, 0.1) is 0 Å². The van der Waals surface area contributed by atoms with E-state index in [1.807, 2.05) is 0 Å². The molecule has 0 saturated heterocycles. The molecule has 12 nitrogen and oxygen atoms in total. The van der Waals surface area contributed by atoms with Gasteiger partial charge in [0.2, 0.25) is 0 Å². The molecule has 2 aromatic rings. The molecule has 0 heterocycles. The number of benzene rings is 2. The minimum absolute atomic E-state index is 0.431. The van der Waals surface area contributed by atoms with Gasteiger partial charge in [-0.2, -0.15) is 0 Å². The fourth-order valence-corrected chi connectivity index (χ4v) is 4.98. The van der Waals surface area contributed by atoms with E-state index in [1.54, 1.807) is 24.3 Å². The summed E-state index contributed by atoms with van der Waals surface area (Å²) in [5.41, 5.74) is 2.00. The van der Waals surface area contributed by atoms with Crippen molar-refractivity contribution in [2.24, 2.45) is 0 Å². The third kappa shape index (κ3) is 29.7. The summed E-state index contributed by atoms with van der Waals surface area (Å²) < 4.78 is 61.0. The quantitative estimate of drug-likeness (QED) is 0.0551. The number of aryl methyl sites for hydroxylation is 1. The highest BCUT2D eigenvalue weighted by Crippen LogP contribution is 2.15. The second-order valence-electron chi connectivity index (χ2n) is 12.4. The normalized spacial score (nSPS) is 11.3. The van der Waals surface area contributed by atoms with Crippen LogP contribution in [0.25, 0.3) is 0 Å². The Balaban J connectivity index is 1.18. The Morgan fingerprint density at radius 3 is 1.00 bits per heavy atom. The van der Waals surface area contributed by atoms with Gasteiger partial charge >= 0.3 is 0 Å². The van der Waals surface area contributed by atoms with Crippen molar-refractivity contribution in [2.45, 2.75) is 58.3 Å². The molecule has 0 aliphatic heterocycles. The highest BCUT2D eigenvalue weighted by molar-refractivity contribution is 5.74. The maximum Gasteiger partial charge on any atom is 0.150 e. The van der Waals surface area contributed by atoms with Crippen molar-refractivity contribution in [3.63, 3.8) is 0 Å². The zero-order valence-electron chi connectivity index (χ0n) is 32.9. The molecule has 0 aromatic heterocycles. The molecule has 12 heteroatoms. The SMILES string of the molecule is CCCCCCCCCc1ccc(OCCOCCOCCOCCOCCOCCOCCOCCOCCOCCOc2ccc(C=O)cc2)cc1. The van der Waals surface area contributed by atoms with Crippen molar-refractivity contribution in [1.29, 1.82) is 0 Å². The highest BCUT2D eigenvalue weighted by Gasteiger charge is 2.00. The largest absolute Gasteiger partial charge is 0.491 e. The fraction of sp³-hybridized carbons (Fsp3) is 0.690. The van der Waals surface area contributed by atoms with Gasteiger partial charge in [0.25, 0.3) is 0 Å². The molecule has 0 atom stereocenters. The van der Waals surface area contributed by atoms with Gasteiger partial charge in [0.05, 0.1) is 119 Å². The number of carbonyl (C=O) groups is 1. The lowest BCUT2D eigenvalue weighted by Gasteiger charge is -2.09. The summed E-state index contributed by atoms with van der Waals surface area (Å²) in [6.07, 6.45) is 11.3. The molecular weight excluding hydrogens is 696 g/mol. The third-order valence-electron chi connectivity index (χ3n) is 7.98. The minimum atomic E-state index is 0.431. The number of aldehydes is 1. The van der Waals surface area contributed by atoms with Crippen molar-refractivity contribution < 1.29 is 56.9 Å². The zero-order chi connectivity index (χ0) is 38.3. The smallest absolute Gasteiger partial charge is 0.150 e. The Kier molecular flexibility index (Phi) is 32.8. The Hall–Kier alpha value is -2.65. The van der Waals surface area contributed by atoms with E-state index in [9.17, 15) is 4.79 Å². The van der Waals surface area contributed by atoms with Crippen LogP contribution in [0.15, 0.2) is 48.5 Å². The Morgan fingerprint density at radius 1 is 0.370 bits per heavy atom. The van der Waals surface area contributed by atoms with E-state index < -0.39 is 0 Å². The van der Waals surface area contributed by atoms with Gasteiger partial charge in [0.15, 0.2) is 0 Å². The van der Waals surface area contributed by atoms with Gasteiger partial charge in [0, 0.05) is 5.56 Å². The molecule has 0 spiro atoms. The average Bonchev–Trinajstić information content (AvgIpc) is 3.20. The van der Waals surface area contributed by atoms with Gasteiger partial charge in [0.1, 0.15) is 31.0 Å². The van der Waals surface area contributed by atoms with Crippen molar-refractivity contribution >= 4 is 6.29 Å². The van der Waals surface area contributed by atoms with Crippen LogP contribution < -0.4 is 9.47 Å². The van der Waals surface area contributed by atoms with Crippen LogP contribution in [0.4, 0.5) is 0 Å². The first-order valence-electron chi connectivity index (χ1n) is 19.9. The predicted octanol–water partition coefficient (Wildman–Crippen LogP) is 6.40. The maximum absolute atomic E-state index is 10.7. The Morgan fingerprint density at radius 2 is 0.667 bits per heavy atom. The van der Waals surface area contributed by atoms with Gasteiger partial charge in [-0.15, -0.1) is 0 Å². The second-order valence-corrected chi connectivity index (χ2v) is 12.4. The van der Waals surface area contributed by atoms with Crippen molar-refractivity contribution in [1.82, 2.24) is 0 Å². The maximum atomic E-state index is 10.7. The molecule has 54 heavy (non-hydrogen) atoms. The first kappa shape index (κ1) is 47.5. The van der Waals surface area contributed by atoms with E-state index in [1.165, 1.54) is 50.5 Å². The topological polar surface area (TPSA) is 119 Å². The molecule has 0 aliphatic carbocycles. The summed E-state index contributed by atoms with van der Waals surface area (Å²) in [6, 6.07) is 15.4. The zero-order valence-corrected chi connectivity index (χ0v) is 32.9. The summed E-state index contributed by atoms with van der Waals surface area (Å²) in [5.74, 6) is 1.59. The molecule has 0 saturated carbocycles. The molecule has 2 aromatic carbocycles. The van der Waals surface area contributed by atoms with Crippen molar-refractivity contribution in [3.05, 3.63) is 59.7 Å². The molecule has 0 N–H and O–H groups in total. The molecular formula is C42H68O12. The van der Waals surface area contributed by atoms with Gasteiger partial charge in [-0.1, -0.05) is 57.6 Å². The second kappa shape index (κ2) is 37.3. The number of rotatable bonds is 41. The van der Waals surface area contributed by atoms with Crippen LogP contribution in [-0.4, -0.2) is 138 Å². The Bertz CT molecular complexity index is 1070. The monoisotopic (exact) mass is 764 g/mol. The van der Waals surface area contributed by atoms with Crippen LogP contribution in [0.1, 0.15) is 67.8 Å². The van der Waals surface area contributed by atoms with Gasteiger partial charge in [-0.05, 0) is 54.8 Å². The minimum Gasteiger partial charge on any atom is -0.491 e. The predicted molar refractivity (Wildman–Crippen MR) is 208 cm³/mol. The molecule has 2 rings (SSSR count). The van der Waals surface area contributed by atoms with E-state index >= 15 is 0 Å². The van der Waals surface area contributed by atoms with Crippen molar-refractivity contribution in [2.75, 3.05) is 132 Å². The summed E-state index contributed by atoms with van der Waals surface area (Å²) in [7, 11) is 0. The standard InChI is InChI=1S/C42H68O12/c1-2-3-4-5-6-7-8-9-39-10-14-41(15-11-39)53-36-34-51-32-30-49-28-26-47-24-22-45-20-18-44-19-21-46-23-25-48-27-29-50-31-33-52-35-37-54-42-16-12-40(38-43)13-17-42/h10-17,38H,2-9,18-37H2,1H3. The number of carbonyl (C=O) groups excluding carboxylic acids is 1. The molecule has 0 unspecified atom stereocenters. The lowest BCUT2D eigenvalue weighted by Crippen LogP contribution is -2.15. The van der Waals surface area contributed by atoms with E-state index in [0.717, 1.165) is 18.5 Å². The first-order valence-corrected chi connectivity index (χ1v) is 19.9. The summed E-state index contributed by atoms with van der Waals surface area (Å²) in [4.78, 5) is 10.7. The van der Waals surface area contributed by atoms with E-state index in [2.05, 4.69) is 31.2 Å². The number of hydrogen-bond donors (Lipinski definition) is 0. The molecule has 308 valence electrons. The molecule has 0 aliphatic rings. The van der Waals surface area contributed by atoms with Crippen LogP contribution >= 0.6 is 0 Å². The number of unbranched alkanes of at least 4 members (excludes halogenated alkanes) is 6. The third-order valence-corrected chi connectivity index (χ3v) is 7.98. The fourth-order valence-electron chi connectivity index (χ4n) is 4.98. The summed E-state index contributed by atoms with van der Waals surface area (Å²) >= 11 is 0. The lowest BCUT2D eigenvalue weighted by molar-refractivity contribution is -0.0257. The Labute approximate surface area is 324 Å². The van der Waals surface area contributed by atoms with Crippen LogP contribution in [0.5, 0.6) is 11.5 Å². The van der Waals surface area contributed by atoms with E-state index in [0.29, 0.717) is 143 Å². The molecule has 0 amide bonds. The van der Waals surface area contributed by atoms with Gasteiger partial charge < -0.3 is 52.1 Å². The van der Waals surface area contributed by atoms with Crippen molar-refractivity contribution in [3.8, 4) is 11.5 Å². The lowest BCUT2D eigenvalue weighted by atomic mass is 10.0. The molecule has 0 bridgehead atoms. The average molecular weight is 765 g/mol. The van der Waals surface area contributed by atoms with Crippen LogP contribution in [0.2, 0.25) is 0 Å². The van der Waals surface area contributed by atoms with E-state index in [4.69, 9.17) is 52.1 Å². The summed E-state index contributed by atoms with van der Waals surface area (Å²) in [5, 5.41) is 0. The summed E-state index contributed by atoms with van der Waals surface area (Å²) in [6.45, 7) is 12.3. The highest BCUT2D eigenvalue weighted by atomic mass is 16.6. The van der Waals surface area contributed by atoms with Crippen LogP contribution in [0.3, 0.4) is 0 Å².